The van der Waals surface area contributed by atoms with Crippen LogP contribution in [0.15, 0.2) is 18.3 Å². The Morgan fingerprint density at radius 3 is 3.00 bits per heavy atom. The van der Waals surface area contributed by atoms with Crippen molar-refractivity contribution in [3.63, 3.8) is 0 Å². The highest BCUT2D eigenvalue weighted by Gasteiger charge is 2.42. The maximum atomic E-state index is 12.6. The van der Waals surface area contributed by atoms with Gasteiger partial charge in [-0.2, -0.15) is 0 Å². The molecule has 6 heteroatoms. The summed E-state index contributed by atoms with van der Waals surface area (Å²) in [7, 11) is 0. The molecule has 26 heavy (non-hydrogen) atoms. The van der Waals surface area contributed by atoms with Crippen LogP contribution in [-0.2, 0) is 14.3 Å². The molecule has 0 aliphatic carbocycles. The van der Waals surface area contributed by atoms with Gasteiger partial charge in [0.15, 0.2) is 0 Å². The van der Waals surface area contributed by atoms with E-state index in [0.717, 1.165) is 63.0 Å². The summed E-state index contributed by atoms with van der Waals surface area (Å²) in [5.41, 5.74) is 1.61. The molecule has 3 aliphatic heterocycles. The van der Waals surface area contributed by atoms with E-state index in [1.807, 2.05) is 19.1 Å². The number of carbonyl (C=O) groups is 1. The van der Waals surface area contributed by atoms with E-state index in [9.17, 15) is 4.79 Å². The number of fused-ring (bicyclic) bond motifs is 1. The number of pyridine rings is 1. The van der Waals surface area contributed by atoms with E-state index in [4.69, 9.17) is 9.47 Å². The normalized spacial score (nSPS) is 30.1. The van der Waals surface area contributed by atoms with Crippen LogP contribution in [-0.4, -0.2) is 60.8 Å². The molecule has 0 spiro atoms. The maximum Gasteiger partial charge on any atom is 0.253 e. The number of anilines is 1. The second kappa shape index (κ2) is 8.03. The first-order chi connectivity index (χ1) is 12.7. The molecule has 6 nitrogen and oxygen atoms in total. The molecule has 0 saturated carbocycles. The maximum absolute atomic E-state index is 12.6. The van der Waals surface area contributed by atoms with Gasteiger partial charge in [0.2, 0.25) is 0 Å². The number of aryl methyl sites for hydroxylation is 1. The largest absolute Gasteiger partial charge is 0.381 e. The van der Waals surface area contributed by atoms with Gasteiger partial charge in [-0.25, -0.2) is 0 Å². The Balaban J connectivity index is 1.30. The molecule has 0 aromatic carbocycles. The van der Waals surface area contributed by atoms with Gasteiger partial charge >= 0.3 is 0 Å². The number of carbonyl (C=O) groups excluding carboxylic acids is 1. The first-order valence-corrected chi connectivity index (χ1v) is 9.87. The van der Waals surface area contributed by atoms with E-state index in [1.54, 1.807) is 6.20 Å². The molecule has 1 N–H and O–H groups in total. The zero-order valence-electron chi connectivity index (χ0n) is 15.5. The van der Waals surface area contributed by atoms with Crippen LogP contribution >= 0.6 is 0 Å². The SMILES string of the molecule is Cc1ncccc1NC(=O)[C@@H]1C[C@@H]2CCN(CC3CCOCC3)C[C@H]2O1. The smallest absolute Gasteiger partial charge is 0.253 e. The zero-order chi connectivity index (χ0) is 17.9. The first-order valence-electron chi connectivity index (χ1n) is 9.87. The lowest BCUT2D eigenvalue weighted by atomic mass is 9.90. The summed E-state index contributed by atoms with van der Waals surface area (Å²) in [5.74, 6) is 1.22. The fourth-order valence-electron chi connectivity index (χ4n) is 4.45. The highest BCUT2D eigenvalue weighted by molar-refractivity contribution is 5.94. The quantitative estimate of drug-likeness (QED) is 0.893. The summed E-state index contributed by atoms with van der Waals surface area (Å²) in [4.78, 5) is 19.4. The molecule has 0 unspecified atom stereocenters. The van der Waals surface area contributed by atoms with Gasteiger partial charge in [-0.3, -0.25) is 9.78 Å². The molecule has 4 rings (SSSR count). The topological polar surface area (TPSA) is 63.7 Å². The Bertz CT molecular complexity index is 632. The number of hydrogen-bond acceptors (Lipinski definition) is 5. The number of likely N-dealkylation sites (tertiary alicyclic amines) is 1. The van der Waals surface area contributed by atoms with Gasteiger partial charge in [0.1, 0.15) is 6.10 Å². The summed E-state index contributed by atoms with van der Waals surface area (Å²) in [6.07, 6.45) is 5.88. The van der Waals surface area contributed by atoms with Crippen molar-refractivity contribution in [2.24, 2.45) is 11.8 Å². The third-order valence-electron chi connectivity index (χ3n) is 6.05. The molecule has 0 radical (unpaired) electrons. The molecule has 3 saturated heterocycles. The van der Waals surface area contributed by atoms with Gasteiger partial charge < -0.3 is 19.7 Å². The van der Waals surface area contributed by atoms with Crippen LogP contribution < -0.4 is 5.32 Å². The van der Waals surface area contributed by atoms with Crippen molar-refractivity contribution >= 4 is 11.6 Å². The minimum atomic E-state index is -0.340. The van der Waals surface area contributed by atoms with E-state index in [0.29, 0.717) is 5.92 Å². The molecule has 142 valence electrons. The second-order valence-electron chi connectivity index (χ2n) is 7.89. The number of nitrogens with zero attached hydrogens (tertiary/aromatic N) is 2. The van der Waals surface area contributed by atoms with Crippen molar-refractivity contribution in [1.29, 1.82) is 0 Å². The third kappa shape index (κ3) is 4.08. The zero-order valence-corrected chi connectivity index (χ0v) is 15.5. The van der Waals surface area contributed by atoms with Gasteiger partial charge in [0.05, 0.1) is 17.5 Å². The number of amides is 1. The van der Waals surface area contributed by atoms with E-state index in [1.165, 1.54) is 12.8 Å². The molecule has 1 aromatic rings. The van der Waals surface area contributed by atoms with E-state index in [2.05, 4.69) is 15.2 Å². The number of piperidine rings is 1. The molecule has 4 heterocycles. The Kier molecular flexibility index (Phi) is 5.52. The van der Waals surface area contributed by atoms with Crippen molar-refractivity contribution in [2.75, 3.05) is 38.2 Å². The van der Waals surface area contributed by atoms with Gasteiger partial charge in [0.25, 0.3) is 5.91 Å². The molecule has 1 aromatic heterocycles. The van der Waals surface area contributed by atoms with Gasteiger partial charge in [-0.15, -0.1) is 0 Å². The summed E-state index contributed by atoms with van der Waals surface area (Å²) in [5, 5.41) is 2.98. The monoisotopic (exact) mass is 359 g/mol. The number of aromatic nitrogens is 1. The predicted octanol–water partition coefficient (Wildman–Crippen LogP) is 2.23. The van der Waals surface area contributed by atoms with E-state index in [-0.39, 0.29) is 18.1 Å². The van der Waals surface area contributed by atoms with Crippen LogP contribution in [0.5, 0.6) is 0 Å². The predicted molar refractivity (Wildman–Crippen MR) is 99.0 cm³/mol. The van der Waals surface area contributed by atoms with Crippen molar-refractivity contribution in [1.82, 2.24) is 9.88 Å². The highest BCUT2D eigenvalue weighted by atomic mass is 16.5. The van der Waals surface area contributed by atoms with Crippen LogP contribution in [0.3, 0.4) is 0 Å². The van der Waals surface area contributed by atoms with Gasteiger partial charge in [0, 0.05) is 32.5 Å². The fraction of sp³-hybridized carbons (Fsp3) is 0.700. The van der Waals surface area contributed by atoms with Crippen molar-refractivity contribution in [3.05, 3.63) is 24.0 Å². The number of hydrogen-bond donors (Lipinski definition) is 1. The molecule has 3 atom stereocenters. The van der Waals surface area contributed by atoms with Crippen LogP contribution in [0.25, 0.3) is 0 Å². The summed E-state index contributed by atoms with van der Waals surface area (Å²) >= 11 is 0. The lowest BCUT2D eigenvalue weighted by Crippen LogP contribution is -2.45. The minimum Gasteiger partial charge on any atom is -0.381 e. The van der Waals surface area contributed by atoms with Gasteiger partial charge in [-0.05, 0) is 63.1 Å². The number of nitrogens with one attached hydrogen (secondary N) is 1. The number of ether oxygens (including phenoxy) is 2. The van der Waals surface area contributed by atoms with Crippen molar-refractivity contribution in [3.8, 4) is 0 Å². The molecule has 3 fully saturated rings. The van der Waals surface area contributed by atoms with Crippen LogP contribution in [0.2, 0.25) is 0 Å². The number of rotatable bonds is 4. The Hall–Kier alpha value is -1.50. The molecular weight excluding hydrogens is 330 g/mol. The van der Waals surface area contributed by atoms with E-state index >= 15 is 0 Å². The van der Waals surface area contributed by atoms with Crippen molar-refractivity contribution < 1.29 is 14.3 Å². The molecule has 1 amide bonds. The van der Waals surface area contributed by atoms with Crippen molar-refractivity contribution in [2.45, 2.75) is 44.8 Å². The van der Waals surface area contributed by atoms with Crippen LogP contribution in [0.1, 0.15) is 31.4 Å². The van der Waals surface area contributed by atoms with Crippen LogP contribution in [0, 0.1) is 18.8 Å². The average molecular weight is 359 g/mol. The summed E-state index contributed by atoms with van der Waals surface area (Å²) in [6, 6.07) is 3.73. The molecule has 0 bridgehead atoms. The Morgan fingerprint density at radius 1 is 1.35 bits per heavy atom. The second-order valence-corrected chi connectivity index (χ2v) is 7.89. The first kappa shape index (κ1) is 17.9. The fourth-order valence-corrected chi connectivity index (χ4v) is 4.45. The Morgan fingerprint density at radius 2 is 2.19 bits per heavy atom. The van der Waals surface area contributed by atoms with Gasteiger partial charge in [-0.1, -0.05) is 0 Å². The molecular formula is C20H29N3O3. The lowest BCUT2D eigenvalue weighted by Gasteiger charge is -2.36. The summed E-state index contributed by atoms with van der Waals surface area (Å²) in [6.45, 7) is 6.92. The Labute approximate surface area is 155 Å². The lowest BCUT2D eigenvalue weighted by molar-refractivity contribution is -0.127. The standard InChI is InChI=1S/C20H29N3O3/c1-14-17(3-2-7-21-14)22-20(24)18-11-16-4-8-23(13-19(16)26-18)12-15-5-9-25-10-6-15/h2-3,7,15-16,18-19H,4-6,8-13H2,1H3,(H,22,24)/t16-,18-,19+/m0/s1. The average Bonchev–Trinajstić information content (AvgIpc) is 3.08. The molecule has 3 aliphatic rings. The third-order valence-corrected chi connectivity index (χ3v) is 6.05. The highest BCUT2D eigenvalue weighted by Crippen LogP contribution is 2.34. The minimum absolute atomic E-state index is 0.0357. The van der Waals surface area contributed by atoms with E-state index < -0.39 is 0 Å². The summed E-state index contributed by atoms with van der Waals surface area (Å²) < 4.78 is 11.6. The van der Waals surface area contributed by atoms with Crippen LogP contribution in [0.4, 0.5) is 5.69 Å².